The number of amidine groups is 2. The van der Waals surface area contributed by atoms with Crippen LogP contribution in [0.5, 0.6) is 11.5 Å². The van der Waals surface area contributed by atoms with E-state index in [1.54, 1.807) is 0 Å². The number of fused-ring (bicyclic) bond motifs is 4. The van der Waals surface area contributed by atoms with Gasteiger partial charge in [-0.2, -0.15) is 5.10 Å². The van der Waals surface area contributed by atoms with Crippen LogP contribution in [0, 0.1) is 6.92 Å². The number of nitrogens with one attached hydrogen (secondary N) is 1. The third kappa shape index (κ3) is 4.70. The van der Waals surface area contributed by atoms with Gasteiger partial charge in [0.25, 0.3) is 0 Å². The summed E-state index contributed by atoms with van der Waals surface area (Å²) in [7, 11) is 0. The van der Waals surface area contributed by atoms with Crippen LogP contribution in [0.2, 0.25) is 0 Å². The summed E-state index contributed by atoms with van der Waals surface area (Å²) >= 11 is 0. The lowest BCUT2D eigenvalue weighted by atomic mass is 9.93. The number of ether oxygens (including phenoxy) is 2. The van der Waals surface area contributed by atoms with E-state index in [-0.39, 0.29) is 6.04 Å². The first-order valence-corrected chi connectivity index (χ1v) is 14.6. The molecule has 2 aliphatic rings. The summed E-state index contributed by atoms with van der Waals surface area (Å²) in [5, 5.41) is 8.60. The number of aryl methyl sites for hydroxylation is 1. The molecule has 1 aromatic heterocycles. The lowest BCUT2D eigenvalue weighted by Gasteiger charge is -2.40. The van der Waals surface area contributed by atoms with E-state index >= 15 is 0 Å². The van der Waals surface area contributed by atoms with Gasteiger partial charge in [0.15, 0.2) is 17.5 Å². The molecule has 0 saturated carbocycles. The van der Waals surface area contributed by atoms with E-state index in [0.717, 1.165) is 56.9 Å². The Balaban J connectivity index is 1.46. The number of aromatic nitrogens is 2. The highest BCUT2D eigenvalue weighted by Gasteiger charge is 2.41. The minimum atomic E-state index is -0.216. The lowest BCUT2D eigenvalue weighted by molar-refractivity contribution is 0.340. The summed E-state index contributed by atoms with van der Waals surface area (Å²) < 4.78 is 13.7. The zero-order valence-electron chi connectivity index (χ0n) is 24.4. The minimum absolute atomic E-state index is 0.216. The maximum absolute atomic E-state index is 5.95. The second-order valence-corrected chi connectivity index (χ2v) is 10.3. The Bertz CT molecular complexity index is 1840. The van der Waals surface area contributed by atoms with Gasteiger partial charge in [-0.1, -0.05) is 54.6 Å². The predicted molar refractivity (Wildman–Crippen MR) is 172 cm³/mol. The Morgan fingerprint density at radius 1 is 0.767 bits per heavy atom. The summed E-state index contributed by atoms with van der Waals surface area (Å²) in [5.74, 6) is 3.70. The molecule has 2 aliphatic heterocycles. The predicted octanol–water partition coefficient (Wildman–Crippen LogP) is 7.77. The Morgan fingerprint density at radius 2 is 1.49 bits per heavy atom. The number of anilines is 2. The number of hydrogen-bond acceptors (Lipinski definition) is 7. The topological polar surface area (TPSA) is 76.3 Å². The van der Waals surface area contributed by atoms with Gasteiger partial charge in [-0.15, -0.1) is 0 Å². The average molecular weight is 569 g/mol. The van der Waals surface area contributed by atoms with Crippen molar-refractivity contribution in [1.82, 2.24) is 9.78 Å². The molecule has 214 valence electrons. The molecule has 8 heteroatoms. The van der Waals surface area contributed by atoms with E-state index in [0.29, 0.717) is 24.9 Å². The van der Waals surface area contributed by atoms with Gasteiger partial charge < -0.3 is 19.7 Å². The fraction of sp³-hybridized carbons (Fsp3) is 0.171. The summed E-state index contributed by atoms with van der Waals surface area (Å²) in [6, 6.07) is 34.3. The molecule has 4 aromatic carbocycles. The summed E-state index contributed by atoms with van der Waals surface area (Å²) in [6.45, 7) is 7.20. The van der Waals surface area contributed by atoms with Crippen LogP contribution in [0.15, 0.2) is 113 Å². The van der Waals surface area contributed by atoms with Crippen LogP contribution in [0.4, 0.5) is 22.9 Å². The second kappa shape index (κ2) is 11.1. The Morgan fingerprint density at radius 3 is 2.28 bits per heavy atom. The molecule has 43 heavy (non-hydrogen) atoms. The number of rotatable bonds is 7. The summed E-state index contributed by atoms with van der Waals surface area (Å²) in [4.78, 5) is 12.7. The molecule has 1 atom stereocenters. The van der Waals surface area contributed by atoms with Crippen molar-refractivity contribution >= 4 is 34.6 Å². The van der Waals surface area contributed by atoms with E-state index in [4.69, 9.17) is 24.6 Å². The standard InChI is InChI=1S/C35H32N6O2/c1-4-42-26-21-19-24(20-22-26)32-31-23(3)39-41(25-13-7-6-8-14-25)34(31)38-35-33(36-27-15-9-11-17-29(27)40(32)35)37-28-16-10-12-18-30(28)43-5-2/h6-22,32H,4-5H2,1-3H3,(H,36,37)/t32-/m1/s1. The first kappa shape index (κ1) is 26.5. The Labute approximate surface area is 251 Å². The van der Waals surface area contributed by atoms with Crippen LogP contribution in [-0.4, -0.2) is 34.7 Å². The first-order valence-electron chi connectivity index (χ1n) is 14.6. The smallest absolute Gasteiger partial charge is 0.179 e. The largest absolute Gasteiger partial charge is 0.494 e. The molecular formula is C35H32N6O2. The fourth-order valence-electron chi connectivity index (χ4n) is 5.75. The van der Waals surface area contributed by atoms with Crippen molar-refractivity contribution in [3.63, 3.8) is 0 Å². The molecule has 0 unspecified atom stereocenters. The highest BCUT2D eigenvalue weighted by molar-refractivity contribution is 6.51. The molecule has 0 fully saturated rings. The van der Waals surface area contributed by atoms with Gasteiger partial charge in [0, 0.05) is 5.56 Å². The number of para-hydroxylation sites is 5. The molecule has 0 amide bonds. The monoisotopic (exact) mass is 568 g/mol. The van der Waals surface area contributed by atoms with Gasteiger partial charge in [-0.05, 0) is 74.9 Å². The van der Waals surface area contributed by atoms with Gasteiger partial charge >= 0.3 is 0 Å². The molecule has 0 aliphatic carbocycles. The Kier molecular flexibility index (Phi) is 6.87. The highest BCUT2D eigenvalue weighted by Crippen LogP contribution is 2.48. The van der Waals surface area contributed by atoms with Crippen molar-refractivity contribution in [2.75, 3.05) is 23.4 Å². The van der Waals surface area contributed by atoms with Crippen molar-refractivity contribution in [3.8, 4) is 17.2 Å². The number of nitrogens with zero attached hydrogens (tertiary/aromatic N) is 5. The maximum atomic E-state index is 5.95. The van der Waals surface area contributed by atoms with Crippen LogP contribution >= 0.6 is 0 Å². The van der Waals surface area contributed by atoms with Crippen LogP contribution in [-0.2, 0) is 0 Å². The molecule has 5 aromatic rings. The number of aliphatic imine (C=N–C) groups is 2. The third-order valence-corrected chi connectivity index (χ3v) is 7.59. The summed E-state index contributed by atoms with van der Waals surface area (Å²) in [5.41, 5.74) is 6.64. The lowest BCUT2D eigenvalue weighted by Crippen LogP contribution is -2.46. The molecule has 0 spiro atoms. The van der Waals surface area contributed by atoms with E-state index < -0.39 is 0 Å². The van der Waals surface area contributed by atoms with Crippen LogP contribution in [0.3, 0.4) is 0 Å². The SMILES string of the molecule is CCOc1ccc([C@@H]2c3c(C)nn(-c4ccccc4)c3N=C3C(Nc4ccccc4OCC)=Nc4ccccc4N32)cc1. The quantitative estimate of drug-likeness (QED) is 0.217. The molecule has 0 saturated heterocycles. The van der Waals surface area contributed by atoms with Gasteiger partial charge in [0.2, 0.25) is 0 Å². The van der Waals surface area contributed by atoms with Crippen LogP contribution in [0.25, 0.3) is 5.69 Å². The molecular weight excluding hydrogens is 536 g/mol. The molecule has 0 bridgehead atoms. The zero-order valence-corrected chi connectivity index (χ0v) is 24.4. The van der Waals surface area contributed by atoms with Crippen molar-refractivity contribution in [2.45, 2.75) is 26.8 Å². The van der Waals surface area contributed by atoms with Crippen LogP contribution in [0.1, 0.15) is 36.7 Å². The molecule has 8 nitrogen and oxygen atoms in total. The normalized spacial score (nSPS) is 15.0. The van der Waals surface area contributed by atoms with E-state index in [1.165, 1.54) is 0 Å². The van der Waals surface area contributed by atoms with E-state index in [1.807, 2.05) is 103 Å². The van der Waals surface area contributed by atoms with E-state index in [2.05, 4.69) is 35.3 Å². The number of hydrogen-bond donors (Lipinski definition) is 1. The van der Waals surface area contributed by atoms with Crippen molar-refractivity contribution < 1.29 is 9.47 Å². The Hall–Kier alpha value is -5.37. The summed E-state index contributed by atoms with van der Waals surface area (Å²) in [6.07, 6.45) is 0. The average Bonchev–Trinajstić information content (AvgIpc) is 3.38. The maximum Gasteiger partial charge on any atom is 0.179 e. The van der Waals surface area contributed by atoms with Gasteiger partial charge in [-0.3, -0.25) is 0 Å². The van der Waals surface area contributed by atoms with Crippen LogP contribution < -0.4 is 19.7 Å². The molecule has 7 rings (SSSR count). The first-order chi connectivity index (χ1) is 21.2. The van der Waals surface area contributed by atoms with Gasteiger partial charge in [0.05, 0.1) is 47.7 Å². The fourth-order valence-corrected chi connectivity index (χ4v) is 5.75. The molecule has 3 heterocycles. The van der Waals surface area contributed by atoms with Gasteiger partial charge in [0.1, 0.15) is 11.5 Å². The molecule has 1 N–H and O–H groups in total. The van der Waals surface area contributed by atoms with Crippen molar-refractivity contribution in [2.24, 2.45) is 9.98 Å². The second-order valence-electron chi connectivity index (χ2n) is 10.3. The highest BCUT2D eigenvalue weighted by atomic mass is 16.5. The van der Waals surface area contributed by atoms with Crippen molar-refractivity contribution in [3.05, 3.63) is 120 Å². The minimum Gasteiger partial charge on any atom is -0.494 e. The van der Waals surface area contributed by atoms with E-state index in [9.17, 15) is 0 Å². The molecule has 0 radical (unpaired) electrons. The zero-order chi connectivity index (χ0) is 29.3. The third-order valence-electron chi connectivity index (χ3n) is 7.59. The van der Waals surface area contributed by atoms with Crippen molar-refractivity contribution in [1.29, 1.82) is 0 Å². The van der Waals surface area contributed by atoms with Gasteiger partial charge in [-0.25, -0.2) is 14.7 Å². The number of benzene rings is 4.